The molecule has 0 spiro atoms. The fraction of sp³-hybridized carbons (Fsp3) is 0.692. The zero-order chi connectivity index (χ0) is 11.8. The zero-order valence-electron chi connectivity index (χ0n) is 10.6. The molecule has 1 aromatic rings. The molecule has 3 heteroatoms. The minimum atomic E-state index is -0.0835. The average molecular weight is 222 g/mol. The molecule has 0 saturated carbocycles. The maximum absolute atomic E-state index is 6.05. The summed E-state index contributed by atoms with van der Waals surface area (Å²) < 4.78 is 6.05. The Hall–Kier alpha value is -0.800. The Kier molecular flexibility index (Phi) is 2.84. The van der Waals surface area contributed by atoms with Crippen LogP contribution in [0.1, 0.15) is 39.7 Å². The lowest BCUT2D eigenvalue weighted by Crippen LogP contribution is -2.42. The van der Waals surface area contributed by atoms with Crippen molar-refractivity contribution in [1.82, 2.24) is 10.3 Å². The van der Waals surface area contributed by atoms with E-state index in [9.17, 15) is 0 Å². The van der Waals surface area contributed by atoms with Gasteiger partial charge < -0.3 is 15.0 Å². The van der Waals surface area contributed by atoms with Gasteiger partial charge in [-0.05, 0) is 45.7 Å². The molecule has 90 valence electrons. The van der Waals surface area contributed by atoms with Crippen LogP contribution >= 0.6 is 0 Å². The highest BCUT2D eigenvalue weighted by Crippen LogP contribution is 2.37. The summed E-state index contributed by atoms with van der Waals surface area (Å²) in [4.78, 5) is 3.07. The third-order valence-electron chi connectivity index (χ3n) is 3.29. The molecule has 2 N–H and O–H groups in total. The predicted molar refractivity (Wildman–Crippen MR) is 65.3 cm³/mol. The first-order valence-electron chi connectivity index (χ1n) is 5.94. The van der Waals surface area contributed by atoms with E-state index in [4.69, 9.17) is 4.74 Å². The van der Waals surface area contributed by atoms with Crippen LogP contribution < -0.4 is 5.32 Å². The number of aromatic amines is 1. The Labute approximate surface area is 97.6 Å². The molecule has 2 heterocycles. The molecule has 3 nitrogen and oxygen atoms in total. The second-order valence-electron chi connectivity index (χ2n) is 5.82. The Morgan fingerprint density at radius 1 is 1.44 bits per heavy atom. The molecule has 0 radical (unpaired) electrons. The molecule has 2 rings (SSSR count). The number of H-pyrrole nitrogens is 1. The van der Waals surface area contributed by atoms with Gasteiger partial charge in [0.1, 0.15) is 0 Å². The fourth-order valence-electron chi connectivity index (χ4n) is 2.59. The number of nitrogens with one attached hydrogen (secondary N) is 2. The minimum Gasteiger partial charge on any atom is -0.368 e. The molecular formula is C13H22N2O. The maximum Gasteiger partial charge on any atom is 0.0787 e. The maximum atomic E-state index is 6.05. The molecule has 1 aliphatic heterocycles. The van der Waals surface area contributed by atoms with Crippen LogP contribution in [-0.4, -0.2) is 22.2 Å². The highest BCUT2D eigenvalue weighted by atomic mass is 16.5. The summed E-state index contributed by atoms with van der Waals surface area (Å²) in [5, 5.41) is 3.58. The normalized spacial score (nSPS) is 27.1. The molecule has 0 bridgehead atoms. The molecule has 1 fully saturated rings. The quantitative estimate of drug-likeness (QED) is 0.824. The van der Waals surface area contributed by atoms with Crippen LogP contribution in [-0.2, 0) is 11.3 Å². The largest absolute Gasteiger partial charge is 0.368 e. The van der Waals surface area contributed by atoms with Gasteiger partial charge in [0, 0.05) is 25.0 Å². The van der Waals surface area contributed by atoms with Crippen LogP contribution in [0, 0.1) is 0 Å². The molecule has 1 saturated heterocycles. The SMILES string of the molecule is CC1(C)CC(NCc2cc[nH]c2)C(C)(C)O1. The Balaban J connectivity index is 1.95. The summed E-state index contributed by atoms with van der Waals surface area (Å²) in [5.41, 5.74) is 1.19. The summed E-state index contributed by atoms with van der Waals surface area (Å²) in [7, 11) is 0. The number of ether oxygens (including phenoxy) is 1. The van der Waals surface area contributed by atoms with Crippen molar-refractivity contribution >= 4 is 0 Å². The van der Waals surface area contributed by atoms with Crippen LogP contribution in [0.25, 0.3) is 0 Å². The molecule has 16 heavy (non-hydrogen) atoms. The van der Waals surface area contributed by atoms with Crippen molar-refractivity contribution in [2.45, 2.75) is 57.9 Å². The van der Waals surface area contributed by atoms with Gasteiger partial charge in [-0.15, -0.1) is 0 Å². The molecule has 0 amide bonds. The minimum absolute atomic E-state index is 0.0146. The van der Waals surface area contributed by atoms with Crippen molar-refractivity contribution in [2.75, 3.05) is 0 Å². The summed E-state index contributed by atoms with van der Waals surface area (Å²) >= 11 is 0. The van der Waals surface area contributed by atoms with Gasteiger partial charge in [-0.1, -0.05) is 0 Å². The van der Waals surface area contributed by atoms with E-state index in [1.165, 1.54) is 5.56 Å². The lowest BCUT2D eigenvalue weighted by molar-refractivity contribution is -0.0699. The Morgan fingerprint density at radius 2 is 2.19 bits per heavy atom. The first-order chi connectivity index (χ1) is 7.39. The van der Waals surface area contributed by atoms with E-state index in [2.05, 4.69) is 44.1 Å². The Bertz CT molecular complexity index is 341. The molecule has 0 aromatic carbocycles. The van der Waals surface area contributed by atoms with E-state index in [0.717, 1.165) is 13.0 Å². The lowest BCUT2D eigenvalue weighted by Gasteiger charge is -2.27. The van der Waals surface area contributed by atoms with Gasteiger partial charge in [-0.3, -0.25) is 0 Å². The summed E-state index contributed by atoms with van der Waals surface area (Å²) in [5.74, 6) is 0. The van der Waals surface area contributed by atoms with E-state index in [0.29, 0.717) is 6.04 Å². The lowest BCUT2D eigenvalue weighted by atomic mass is 9.94. The van der Waals surface area contributed by atoms with Crippen molar-refractivity contribution in [3.8, 4) is 0 Å². The van der Waals surface area contributed by atoms with Crippen molar-refractivity contribution < 1.29 is 4.74 Å². The van der Waals surface area contributed by atoms with E-state index in [1.807, 2.05) is 12.4 Å². The van der Waals surface area contributed by atoms with Gasteiger partial charge in [0.2, 0.25) is 0 Å². The van der Waals surface area contributed by atoms with Gasteiger partial charge in [0.05, 0.1) is 11.2 Å². The smallest absolute Gasteiger partial charge is 0.0787 e. The highest BCUT2D eigenvalue weighted by Gasteiger charge is 2.45. The van der Waals surface area contributed by atoms with Gasteiger partial charge in [0.15, 0.2) is 0 Å². The molecular weight excluding hydrogens is 200 g/mol. The molecule has 1 unspecified atom stereocenters. The van der Waals surface area contributed by atoms with Gasteiger partial charge in [-0.2, -0.15) is 0 Å². The van der Waals surface area contributed by atoms with E-state index >= 15 is 0 Å². The monoisotopic (exact) mass is 222 g/mol. The summed E-state index contributed by atoms with van der Waals surface area (Å²) in [6.07, 6.45) is 5.04. The average Bonchev–Trinajstić information content (AvgIpc) is 2.67. The van der Waals surface area contributed by atoms with Crippen molar-refractivity contribution in [3.63, 3.8) is 0 Å². The van der Waals surface area contributed by atoms with Crippen molar-refractivity contribution in [1.29, 1.82) is 0 Å². The van der Waals surface area contributed by atoms with Crippen LogP contribution in [0.3, 0.4) is 0 Å². The standard InChI is InChI=1S/C13H22N2O/c1-12(2)7-11(13(3,4)16-12)15-9-10-5-6-14-8-10/h5-6,8,11,14-15H,7,9H2,1-4H3. The Morgan fingerprint density at radius 3 is 2.69 bits per heavy atom. The van der Waals surface area contributed by atoms with Gasteiger partial charge >= 0.3 is 0 Å². The van der Waals surface area contributed by atoms with E-state index in [-0.39, 0.29) is 11.2 Å². The van der Waals surface area contributed by atoms with Crippen LogP contribution in [0.15, 0.2) is 18.5 Å². The van der Waals surface area contributed by atoms with Crippen LogP contribution in [0.2, 0.25) is 0 Å². The number of rotatable bonds is 3. The highest BCUT2D eigenvalue weighted by molar-refractivity contribution is 5.09. The number of aromatic nitrogens is 1. The van der Waals surface area contributed by atoms with Gasteiger partial charge in [0.25, 0.3) is 0 Å². The first kappa shape index (κ1) is 11.7. The number of hydrogen-bond donors (Lipinski definition) is 2. The molecule has 1 atom stereocenters. The van der Waals surface area contributed by atoms with Crippen molar-refractivity contribution in [2.24, 2.45) is 0 Å². The summed E-state index contributed by atoms with van der Waals surface area (Å²) in [6, 6.07) is 2.51. The van der Waals surface area contributed by atoms with Crippen LogP contribution in [0.4, 0.5) is 0 Å². The number of hydrogen-bond acceptors (Lipinski definition) is 2. The summed E-state index contributed by atoms with van der Waals surface area (Å²) in [6.45, 7) is 9.55. The first-order valence-corrected chi connectivity index (χ1v) is 5.94. The van der Waals surface area contributed by atoms with Crippen LogP contribution in [0.5, 0.6) is 0 Å². The second kappa shape index (κ2) is 3.90. The van der Waals surface area contributed by atoms with E-state index < -0.39 is 0 Å². The molecule has 1 aliphatic rings. The fourth-order valence-corrected chi connectivity index (χ4v) is 2.59. The second-order valence-corrected chi connectivity index (χ2v) is 5.82. The van der Waals surface area contributed by atoms with E-state index in [1.54, 1.807) is 0 Å². The molecule has 0 aliphatic carbocycles. The predicted octanol–water partition coefficient (Wildman–Crippen LogP) is 2.45. The van der Waals surface area contributed by atoms with Gasteiger partial charge in [-0.25, -0.2) is 0 Å². The topological polar surface area (TPSA) is 37.0 Å². The third-order valence-corrected chi connectivity index (χ3v) is 3.29. The zero-order valence-corrected chi connectivity index (χ0v) is 10.6. The van der Waals surface area contributed by atoms with Crippen molar-refractivity contribution in [3.05, 3.63) is 24.0 Å². The third kappa shape index (κ3) is 2.47. The molecule has 1 aromatic heterocycles.